The van der Waals surface area contributed by atoms with Gasteiger partial charge in [0.25, 0.3) is 29.5 Å². The fourth-order valence-electron chi connectivity index (χ4n) is 11.9. The summed E-state index contributed by atoms with van der Waals surface area (Å²) < 4.78 is 52.0. The number of carbonyl (C=O) groups excluding carboxylic acids is 9. The molecule has 2 aromatic carbocycles. The summed E-state index contributed by atoms with van der Waals surface area (Å²) in [6.07, 6.45) is 12.5. The Balaban J connectivity index is 0.508. The highest BCUT2D eigenvalue weighted by Gasteiger charge is 2.35. The number of aromatic nitrogens is 8. The van der Waals surface area contributed by atoms with Crippen LogP contribution in [-0.2, 0) is 92.3 Å². The van der Waals surface area contributed by atoms with Crippen molar-refractivity contribution in [2.45, 2.75) is 52.5 Å². The van der Waals surface area contributed by atoms with E-state index >= 15 is 0 Å². The first-order chi connectivity index (χ1) is 57.8. The summed E-state index contributed by atoms with van der Waals surface area (Å²) in [4.78, 5) is 137. The molecule has 1 atom stereocenters. The number of carbonyl (C=O) groups is 9. The third-order valence-electron chi connectivity index (χ3n) is 18.0. The van der Waals surface area contributed by atoms with E-state index in [0.29, 0.717) is 121 Å². The summed E-state index contributed by atoms with van der Waals surface area (Å²) in [6, 6.07) is 16.8. The third kappa shape index (κ3) is 28.4. The van der Waals surface area contributed by atoms with Crippen LogP contribution < -0.4 is 52.8 Å². The molecule has 40 heteroatoms. The lowest BCUT2D eigenvalue weighted by atomic mass is 9.99. The van der Waals surface area contributed by atoms with E-state index < -0.39 is 47.4 Å². The molecule has 0 unspecified atom stereocenters. The predicted molar refractivity (Wildman–Crippen MR) is 451 cm³/mol. The van der Waals surface area contributed by atoms with Crippen LogP contribution in [0.25, 0.3) is 6.08 Å². The Kier molecular flexibility index (Phi) is 36.0. The molecular weight excluding hydrogens is 1590 g/mol. The molecule has 8 aromatic rings. The highest BCUT2D eigenvalue weighted by atomic mass is 35.5. The lowest BCUT2D eigenvalue weighted by Crippen LogP contribution is -2.41. The van der Waals surface area contributed by atoms with E-state index in [1.807, 2.05) is 62.4 Å². The number of amidine groups is 2. The van der Waals surface area contributed by atoms with Crippen molar-refractivity contribution in [3.63, 3.8) is 0 Å². The fourth-order valence-corrected chi connectivity index (χ4v) is 13.2. The first-order valence-corrected chi connectivity index (χ1v) is 39.8. The van der Waals surface area contributed by atoms with Gasteiger partial charge in [-0.05, 0) is 68.3 Å². The Labute approximate surface area is 701 Å². The Morgan fingerprint density at radius 2 is 0.967 bits per heavy atom. The summed E-state index contributed by atoms with van der Waals surface area (Å²) in [6.45, 7) is 12.0. The van der Waals surface area contributed by atoms with E-state index in [-0.39, 0.29) is 128 Å². The lowest BCUT2D eigenvalue weighted by Gasteiger charge is -2.24. The number of rotatable bonds is 49. The van der Waals surface area contributed by atoms with Crippen LogP contribution in [0.15, 0.2) is 109 Å². The minimum absolute atomic E-state index is 0.00791. The van der Waals surface area contributed by atoms with E-state index in [2.05, 4.69) is 62.8 Å². The Morgan fingerprint density at radius 3 is 1.46 bits per heavy atom. The van der Waals surface area contributed by atoms with Crippen molar-refractivity contribution < 1.29 is 81.0 Å². The molecule has 0 spiro atoms. The van der Waals surface area contributed by atoms with Crippen molar-refractivity contribution in [2.75, 3.05) is 163 Å². The molecule has 6 aromatic heterocycles. The molecule has 642 valence electrons. The molecule has 0 radical (unpaired) electrons. The van der Waals surface area contributed by atoms with Crippen LogP contribution >= 0.6 is 22.9 Å². The molecule has 7 heterocycles. The Hall–Kier alpha value is -11.9. The number of hydrogen-bond donors (Lipinski definition) is 11. The fraction of sp³-hybridized carbons (Fsp3) is 0.412. The summed E-state index contributed by atoms with van der Waals surface area (Å²) >= 11 is 7.73. The number of aryl methyl sites for hydroxylation is 6. The van der Waals surface area contributed by atoms with Crippen LogP contribution in [0.4, 0.5) is 33.7 Å². The van der Waals surface area contributed by atoms with E-state index in [4.69, 9.17) is 59.9 Å². The van der Waals surface area contributed by atoms with Gasteiger partial charge in [-0.15, -0.1) is 11.3 Å². The molecular formula is C80H102ClN21O17S. The first kappa shape index (κ1) is 92.0. The van der Waals surface area contributed by atoms with Gasteiger partial charge in [-0.1, -0.05) is 48.0 Å². The van der Waals surface area contributed by atoms with Gasteiger partial charge in [0.15, 0.2) is 17.5 Å². The second-order valence-corrected chi connectivity index (χ2v) is 28.9. The number of nitrogens with one attached hydrogen (secondary N) is 11. The quantitative estimate of drug-likeness (QED) is 0.0118. The molecule has 38 nitrogen and oxygen atoms in total. The number of nitrogens with zero attached hydrogens (tertiary/aromatic N) is 10. The lowest BCUT2D eigenvalue weighted by molar-refractivity contribution is -0.121. The maximum absolute atomic E-state index is 13.5. The SMILES string of the molecule is CC(=N)N1C(=N)[C@H](CC(=O)Nc2ccc(/C=C/COCCOCCOCCOCCOCCOCCOCCOCCNC(=O)CCNC(=O)c3nc(NC(=O)CCNC(=O)c4cc(NC(=O)c5nc(NC(=O)CCNC(=O)c6cc(NC(=O)c7nccn7C)cn6C)cn5C)cn4C)cn3C)cc2)N=C(c2ccc(Cl)cc2)c2c1sc(C)c2C. The van der Waals surface area contributed by atoms with Gasteiger partial charge in [-0.3, -0.25) is 63.9 Å². The van der Waals surface area contributed by atoms with Gasteiger partial charge in [-0.2, -0.15) is 0 Å². The molecule has 0 bridgehead atoms. The number of halogens is 1. The second kappa shape index (κ2) is 47.0. The zero-order chi connectivity index (χ0) is 86.0. The van der Waals surface area contributed by atoms with Gasteiger partial charge < -0.3 is 109 Å². The van der Waals surface area contributed by atoms with Crippen molar-refractivity contribution in [1.29, 1.82) is 10.8 Å². The average molecular weight is 1700 g/mol. The molecule has 9 amide bonds. The number of fused-ring (bicyclic) bond motifs is 1. The standard InChI is InChI=1S/C80H102ClN21O17S/c1-51-52(2)120-80-69(51)70(55-13-15-56(81)16-14-55)92-60(71(83)102(80)53(3)82)46-68(106)89-57-17-11-54(12-18-57)10-9-28-112-30-32-114-34-36-116-38-40-118-42-43-119-41-39-117-37-35-115-33-31-113-29-26-84-65(103)19-22-88-77(109)73-95-63(49-100(73)7)93-66(104)20-23-87-76(108)62-45-59(48-99(62)6)91-79(111)74-96-64(50-101(74)8)94-67(105)21-24-86-75(107)61-44-58(47-98(61)5)90-78(110)72-85-25-27-97(72)4/h9-18,25,27,44-45,47-50,60,82-83H,19-24,26,28-43,46H2,1-8H3,(H,84,103)(H,86,107)(H,87,108)(H,88,109)(H,89,106)(H,90,110)(H,91,111)(H,93,104)(H,94,105)/b10-9+,82-53?,83-71?/t60-/m0/s1. The summed E-state index contributed by atoms with van der Waals surface area (Å²) in [5.41, 5.74) is 5.90. The van der Waals surface area contributed by atoms with Crippen LogP contribution in [0.3, 0.4) is 0 Å². The van der Waals surface area contributed by atoms with Gasteiger partial charge >= 0.3 is 0 Å². The summed E-state index contributed by atoms with van der Waals surface area (Å²) in [5.74, 6) is -3.75. The summed E-state index contributed by atoms with van der Waals surface area (Å²) in [5, 5.41) is 43.4. The normalized spacial score (nSPS) is 12.5. The zero-order valence-electron chi connectivity index (χ0n) is 68.1. The highest BCUT2D eigenvalue weighted by Crippen LogP contribution is 2.40. The number of hydrogen-bond acceptors (Lipinski definition) is 24. The van der Waals surface area contributed by atoms with Crippen LogP contribution in [0.5, 0.6) is 0 Å². The number of imidazole rings is 3. The molecule has 0 fully saturated rings. The topological polar surface area (TPSA) is 462 Å². The molecule has 11 N–H and O–H groups in total. The van der Waals surface area contributed by atoms with E-state index in [1.165, 1.54) is 66.5 Å². The predicted octanol–water partition coefficient (Wildman–Crippen LogP) is 6.03. The van der Waals surface area contributed by atoms with Crippen molar-refractivity contribution in [2.24, 2.45) is 40.2 Å². The smallest absolute Gasteiger partial charge is 0.291 e. The van der Waals surface area contributed by atoms with E-state index in [1.54, 1.807) is 76.2 Å². The molecule has 1 aliphatic heterocycles. The maximum Gasteiger partial charge on any atom is 0.291 e. The largest absolute Gasteiger partial charge is 0.377 e. The van der Waals surface area contributed by atoms with Gasteiger partial charge in [0.2, 0.25) is 35.3 Å². The van der Waals surface area contributed by atoms with Gasteiger partial charge in [0.05, 0.1) is 129 Å². The average Bonchev–Trinajstić information content (AvgIpc) is 1.60. The van der Waals surface area contributed by atoms with Crippen LogP contribution in [0.2, 0.25) is 5.02 Å². The number of thiophene rings is 1. The molecule has 120 heavy (non-hydrogen) atoms. The van der Waals surface area contributed by atoms with Crippen molar-refractivity contribution in [3.05, 3.63) is 165 Å². The third-order valence-corrected chi connectivity index (χ3v) is 19.4. The van der Waals surface area contributed by atoms with Crippen LogP contribution in [-0.4, -0.2) is 246 Å². The molecule has 0 saturated carbocycles. The molecule has 0 saturated heterocycles. The summed E-state index contributed by atoms with van der Waals surface area (Å²) in [7, 11) is 8.04. The second-order valence-electron chi connectivity index (χ2n) is 27.2. The van der Waals surface area contributed by atoms with E-state index in [9.17, 15) is 48.6 Å². The zero-order valence-corrected chi connectivity index (χ0v) is 69.7. The Morgan fingerprint density at radius 1 is 0.500 bits per heavy atom. The number of aliphatic imine (C=N–C) groups is 1. The maximum atomic E-state index is 13.5. The van der Waals surface area contributed by atoms with E-state index in [0.717, 1.165) is 32.1 Å². The minimum Gasteiger partial charge on any atom is -0.377 e. The van der Waals surface area contributed by atoms with Gasteiger partial charge in [0, 0.05) is 145 Å². The van der Waals surface area contributed by atoms with Crippen LogP contribution in [0, 0.1) is 24.7 Å². The number of amides is 9. The van der Waals surface area contributed by atoms with Gasteiger partial charge in [-0.25, -0.2) is 15.0 Å². The monoisotopic (exact) mass is 1700 g/mol. The number of ether oxygens (including phenoxy) is 8. The molecule has 1 aliphatic rings. The molecule has 0 aliphatic carbocycles. The van der Waals surface area contributed by atoms with Crippen molar-refractivity contribution >= 4 is 133 Å². The van der Waals surface area contributed by atoms with Crippen molar-refractivity contribution in [3.8, 4) is 0 Å². The van der Waals surface area contributed by atoms with Crippen molar-refractivity contribution in [1.82, 2.24) is 59.1 Å². The number of anilines is 6. The van der Waals surface area contributed by atoms with Crippen LogP contribution in [0.1, 0.15) is 113 Å². The highest BCUT2D eigenvalue weighted by molar-refractivity contribution is 7.17. The first-order valence-electron chi connectivity index (χ1n) is 38.6. The Bertz CT molecular complexity index is 4930. The number of benzene rings is 2. The van der Waals surface area contributed by atoms with Gasteiger partial charge in [0.1, 0.15) is 34.1 Å². The molecule has 9 rings (SSSR count). The minimum atomic E-state index is -0.845.